The average molecular weight is 190 g/mol. The number of benzene rings is 2. The zero-order valence-electron chi connectivity index (χ0n) is 8.36. The van der Waals surface area contributed by atoms with Crippen molar-refractivity contribution in [1.82, 2.24) is 0 Å². The van der Waals surface area contributed by atoms with Gasteiger partial charge in [-0.25, -0.2) is 0 Å². The van der Waals surface area contributed by atoms with Gasteiger partial charge in [-0.3, -0.25) is 0 Å². The molecule has 0 fully saturated rings. The van der Waals surface area contributed by atoms with Crippen molar-refractivity contribution in [3.63, 3.8) is 0 Å². The van der Waals surface area contributed by atoms with Gasteiger partial charge in [0.25, 0.3) is 0 Å². The molecule has 2 N–H and O–H groups in total. The summed E-state index contributed by atoms with van der Waals surface area (Å²) in [5.74, 6) is 0.396. The van der Waals surface area contributed by atoms with E-state index in [4.69, 9.17) is 5.11 Å². The molecule has 0 bridgehead atoms. The minimum absolute atomic E-state index is 0.396. The molecule has 0 aromatic heterocycles. The van der Waals surface area contributed by atoms with Crippen LogP contribution in [0.25, 0.3) is 10.8 Å². The average Bonchev–Trinajstić information content (AvgIpc) is 2.27. The Morgan fingerprint density at radius 3 is 2.29 bits per heavy atom. The molecule has 2 heteroatoms. The van der Waals surface area contributed by atoms with E-state index in [-0.39, 0.29) is 0 Å². The van der Waals surface area contributed by atoms with E-state index in [0.29, 0.717) is 5.75 Å². The van der Waals surface area contributed by atoms with Crippen molar-refractivity contribution >= 4 is 10.8 Å². The van der Waals surface area contributed by atoms with Gasteiger partial charge >= 0.3 is 0 Å². The van der Waals surface area contributed by atoms with E-state index in [9.17, 15) is 5.11 Å². The molecular weight excluding hydrogens is 176 g/mol. The molecule has 0 aliphatic carbocycles. The molecule has 74 valence electrons. The highest BCUT2D eigenvalue weighted by Crippen LogP contribution is 2.27. The molecule has 2 aromatic rings. The van der Waals surface area contributed by atoms with Crippen LogP contribution in [0.4, 0.5) is 0 Å². The summed E-state index contributed by atoms with van der Waals surface area (Å²) in [5, 5.41) is 18.7. The maximum Gasteiger partial charge on any atom is 0.126 e. The van der Waals surface area contributed by atoms with Crippen molar-refractivity contribution in [2.75, 3.05) is 7.11 Å². The van der Waals surface area contributed by atoms with Crippen LogP contribution in [-0.4, -0.2) is 17.3 Å². The largest absolute Gasteiger partial charge is 0.507 e. The summed E-state index contributed by atoms with van der Waals surface area (Å²) in [4.78, 5) is 0. The number of aliphatic hydroxyl groups excluding tert-OH is 1. The number of hydrogen-bond donors (Lipinski definition) is 2. The number of fused-ring (bicyclic) bond motifs is 1. The fourth-order valence-electron chi connectivity index (χ4n) is 1.36. The number of aryl methyl sites for hydroxylation is 1. The van der Waals surface area contributed by atoms with Crippen LogP contribution in [0.5, 0.6) is 5.75 Å². The number of phenols is 1. The van der Waals surface area contributed by atoms with E-state index >= 15 is 0 Å². The zero-order valence-corrected chi connectivity index (χ0v) is 8.36. The van der Waals surface area contributed by atoms with Gasteiger partial charge in [0, 0.05) is 12.5 Å². The van der Waals surface area contributed by atoms with Crippen LogP contribution in [0, 0.1) is 6.92 Å². The lowest BCUT2D eigenvalue weighted by Gasteiger charge is -2.02. The lowest BCUT2D eigenvalue weighted by Crippen LogP contribution is -1.77. The third kappa shape index (κ3) is 1.86. The Morgan fingerprint density at radius 2 is 1.57 bits per heavy atom. The summed E-state index contributed by atoms with van der Waals surface area (Å²) in [7, 11) is 1.00. The number of aromatic hydroxyl groups is 1. The van der Waals surface area contributed by atoms with Crippen molar-refractivity contribution in [3.8, 4) is 5.75 Å². The van der Waals surface area contributed by atoms with E-state index in [1.165, 1.54) is 0 Å². The van der Waals surface area contributed by atoms with Crippen LogP contribution in [0.2, 0.25) is 0 Å². The van der Waals surface area contributed by atoms with Gasteiger partial charge in [-0.15, -0.1) is 0 Å². The standard InChI is InChI=1S/C11H10O.CH4O/c1-8-6-7-9-4-2-3-5-10(9)11(8)12;1-2/h2-7,12H,1H3;2H,1H3. The van der Waals surface area contributed by atoms with Crippen LogP contribution in [0.3, 0.4) is 0 Å². The number of aliphatic hydroxyl groups is 1. The first kappa shape index (κ1) is 10.5. The molecule has 0 spiro atoms. The van der Waals surface area contributed by atoms with Crippen molar-refractivity contribution < 1.29 is 10.2 Å². The predicted molar refractivity (Wildman–Crippen MR) is 58.5 cm³/mol. The molecule has 0 amide bonds. The summed E-state index contributed by atoms with van der Waals surface area (Å²) in [6, 6.07) is 11.8. The minimum Gasteiger partial charge on any atom is -0.507 e. The third-order valence-electron chi connectivity index (χ3n) is 2.10. The smallest absolute Gasteiger partial charge is 0.126 e. The summed E-state index contributed by atoms with van der Waals surface area (Å²) < 4.78 is 0. The lowest BCUT2D eigenvalue weighted by molar-refractivity contribution is 0.399. The van der Waals surface area contributed by atoms with Gasteiger partial charge in [-0.2, -0.15) is 0 Å². The fraction of sp³-hybridized carbons (Fsp3) is 0.167. The summed E-state index contributed by atoms with van der Waals surface area (Å²) >= 11 is 0. The van der Waals surface area contributed by atoms with E-state index in [1.54, 1.807) is 0 Å². The predicted octanol–water partition coefficient (Wildman–Crippen LogP) is 2.46. The van der Waals surface area contributed by atoms with E-state index in [0.717, 1.165) is 23.4 Å². The first-order valence-corrected chi connectivity index (χ1v) is 4.41. The van der Waals surface area contributed by atoms with Crippen molar-refractivity contribution in [1.29, 1.82) is 0 Å². The van der Waals surface area contributed by atoms with Gasteiger partial charge in [0.2, 0.25) is 0 Å². The molecule has 0 heterocycles. The SMILES string of the molecule is CO.Cc1ccc2ccccc2c1O. The van der Waals surface area contributed by atoms with Crippen LogP contribution >= 0.6 is 0 Å². The molecule has 0 radical (unpaired) electrons. The van der Waals surface area contributed by atoms with Gasteiger partial charge in [0.15, 0.2) is 0 Å². The maximum atomic E-state index is 9.66. The van der Waals surface area contributed by atoms with Crippen LogP contribution in [-0.2, 0) is 0 Å². The second-order valence-corrected chi connectivity index (χ2v) is 2.95. The minimum atomic E-state index is 0.396. The summed E-state index contributed by atoms with van der Waals surface area (Å²) in [6.45, 7) is 1.90. The van der Waals surface area contributed by atoms with E-state index in [1.807, 2.05) is 43.3 Å². The molecule has 0 saturated heterocycles. The van der Waals surface area contributed by atoms with Gasteiger partial charge < -0.3 is 10.2 Å². The quantitative estimate of drug-likeness (QED) is 0.670. The highest BCUT2D eigenvalue weighted by atomic mass is 16.3. The monoisotopic (exact) mass is 190 g/mol. The molecule has 14 heavy (non-hydrogen) atoms. The highest BCUT2D eigenvalue weighted by Gasteiger charge is 2.00. The van der Waals surface area contributed by atoms with Gasteiger partial charge in [0.05, 0.1) is 0 Å². The fourth-order valence-corrected chi connectivity index (χ4v) is 1.36. The Kier molecular flexibility index (Phi) is 3.48. The zero-order chi connectivity index (χ0) is 10.6. The molecule has 0 saturated carbocycles. The van der Waals surface area contributed by atoms with Crippen LogP contribution < -0.4 is 0 Å². The van der Waals surface area contributed by atoms with Crippen molar-refractivity contribution in [2.24, 2.45) is 0 Å². The van der Waals surface area contributed by atoms with Crippen LogP contribution in [0.1, 0.15) is 5.56 Å². The second-order valence-electron chi connectivity index (χ2n) is 2.95. The highest BCUT2D eigenvalue weighted by molar-refractivity contribution is 5.89. The Labute approximate surface area is 83.4 Å². The molecule has 2 rings (SSSR count). The Hall–Kier alpha value is -1.54. The van der Waals surface area contributed by atoms with E-state index in [2.05, 4.69) is 0 Å². The molecule has 2 nitrogen and oxygen atoms in total. The van der Waals surface area contributed by atoms with E-state index < -0.39 is 0 Å². The van der Waals surface area contributed by atoms with Crippen LogP contribution in [0.15, 0.2) is 36.4 Å². The van der Waals surface area contributed by atoms with Crippen molar-refractivity contribution in [3.05, 3.63) is 42.0 Å². The summed E-state index contributed by atoms with van der Waals surface area (Å²) in [6.07, 6.45) is 0. The Bertz CT molecular complexity index is 422. The molecule has 0 aliphatic rings. The Morgan fingerprint density at radius 1 is 0.929 bits per heavy atom. The molecule has 0 atom stereocenters. The first-order chi connectivity index (χ1) is 6.79. The number of rotatable bonds is 0. The number of hydrogen-bond acceptors (Lipinski definition) is 2. The molecule has 0 aliphatic heterocycles. The van der Waals surface area contributed by atoms with Gasteiger partial charge in [-0.1, -0.05) is 36.4 Å². The second kappa shape index (κ2) is 4.63. The first-order valence-electron chi connectivity index (χ1n) is 4.41. The Balaban J connectivity index is 0.000000461. The molecule has 0 unspecified atom stereocenters. The summed E-state index contributed by atoms with van der Waals surface area (Å²) in [5.41, 5.74) is 0.925. The molecular formula is C12H14O2. The maximum absolute atomic E-state index is 9.66. The topological polar surface area (TPSA) is 40.5 Å². The molecule has 2 aromatic carbocycles. The number of phenolic OH excluding ortho intramolecular Hbond substituents is 1. The van der Waals surface area contributed by atoms with Crippen molar-refractivity contribution in [2.45, 2.75) is 6.92 Å². The lowest BCUT2D eigenvalue weighted by atomic mass is 10.1. The van der Waals surface area contributed by atoms with Gasteiger partial charge in [0.1, 0.15) is 5.75 Å². The third-order valence-corrected chi connectivity index (χ3v) is 2.10. The normalized spacial score (nSPS) is 9.36. The van der Waals surface area contributed by atoms with Gasteiger partial charge in [-0.05, 0) is 17.9 Å².